The second-order valence-electron chi connectivity index (χ2n) is 5.26. The van der Waals surface area contributed by atoms with Gasteiger partial charge < -0.3 is 15.0 Å². The average molecular weight is 383 g/mol. The highest BCUT2D eigenvalue weighted by Gasteiger charge is 2.19. The van der Waals surface area contributed by atoms with Crippen LogP contribution >= 0.6 is 15.9 Å². The lowest BCUT2D eigenvalue weighted by Gasteiger charge is -2.14. The molecule has 1 heterocycles. The fraction of sp³-hybridized carbons (Fsp3) is 0.438. The van der Waals surface area contributed by atoms with E-state index in [9.17, 15) is 14.4 Å². The first-order valence-corrected chi connectivity index (χ1v) is 8.33. The third kappa shape index (κ3) is 5.67. The van der Waals surface area contributed by atoms with Gasteiger partial charge >= 0.3 is 5.97 Å². The molecule has 1 aromatic rings. The molecule has 1 aliphatic heterocycles. The van der Waals surface area contributed by atoms with Crippen molar-refractivity contribution in [1.29, 1.82) is 0 Å². The van der Waals surface area contributed by atoms with E-state index in [-0.39, 0.29) is 31.4 Å². The van der Waals surface area contributed by atoms with Crippen LogP contribution in [0.3, 0.4) is 0 Å². The molecule has 0 saturated carbocycles. The average Bonchev–Trinajstić information content (AvgIpc) is 3.07. The first-order chi connectivity index (χ1) is 11.1. The maximum Gasteiger partial charge on any atom is 0.308 e. The smallest absolute Gasteiger partial charge is 0.308 e. The molecule has 124 valence electrons. The number of hydrogen-bond acceptors (Lipinski definition) is 4. The molecule has 0 unspecified atom stereocenters. The van der Waals surface area contributed by atoms with E-state index in [0.717, 1.165) is 30.4 Å². The van der Waals surface area contributed by atoms with Gasteiger partial charge in [-0.1, -0.05) is 15.9 Å². The fourth-order valence-corrected chi connectivity index (χ4v) is 2.52. The number of likely N-dealkylation sites (tertiary alicyclic amines) is 1. The number of carbonyl (C=O) groups is 3. The Balaban J connectivity index is 1.63. The van der Waals surface area contributed by atoms with Gasteiger partial charge in [0, 0.05) is 29.7 Å². The number of rotatable bonds is 6. The molecule has 1 aliphatic rings. The lowest BCUT2D eigenvalue weighted by atomic mass is 10.2. The molecule has 0 spiro atoms. The van der Waals surface area contributed by atoms with Gasteiger partial charge in [0.25, 0.3) is 11.8 Å². The van der Waals surface area contributed by atoms with Gasteiger partial charge in [0.05, 0.1) is 6.42 Å². The molecular formula is C16H19BrN2O4. The predicted octanol–water partition coefficient (Wildman–Crippen LogP) is 1.73. The summed E-state index contributed by atoms with van der Waals surface area (Å²) in [6, 6.07) is 6.92. The molecule has 0 atom stereocenters. The van der Waals surface area contributed by atoms with E-state index in [1.165, 1.54) is 0 Å². The zero-order chi connectivity index (χ0) is 16.7. The number of nitrogens with one attached hydrogen (secondary N) is 1. The maximum atomic E-state index is 11.8. The van der Waals surface area contributed by atoms with Crippen molar-refractivity contribution in [3.63, 3.8) is 0 Å². The zero-order valence-electron chi connectivity index (χ0n) is 12.7. The highest BCUT2D eigenvalue weighted by Crippen LogP contribution is 2.10. The van der Waals surface area contributed by atoms with Crippen LogP contribution in [0, 0.1) is 0 Å². The van der Waals surface area contributed by atoms with Crippen LogP contribution < -0.4 is 5.32 Å². The van der Waals surface area contributed by atoms with Crippen LogP contribution in [0.15, 0.2) is 28.7 Å². The number of ether oxygens (including phenoxy) is 1. The Kier molecular flexibility index (Phi) is 6.58. The Morgan fingerprint density at radius 1 is 1.13 bits per heavy atom. The van der Waals surface area contributed by atoms with Gasteiger partial charge in [-0.15, -0.1) is 0 Å². The van der Waals surface area contributed by atoms with Crippen molar-refractivity contribution in [3.8, 4) is 0 Å². The molecule has 2 rings (SSSR count). The summed E-state index contributed by atoms with van der Waals surface area (Å²) in [5.41, 5.74) is 0.519. The molecule has 23 heavy (non-hydrogen) atoms. The topological polar surface area (TPSA) is 75.7 Å². The van der Waals surface area contributed by atoms with Crippen LogP contribution in [-0.4, -0.2) is 48.9 Å². The summed E-state index contributed by atoms with van der Waals surface area (Å²) >= 11 is 3.30. The molecule has 1 saturated heterocycles. The third-order valence-corrected chi connectivity index (χ3v) is 4.07. The standard InChI is InChI=1S/C16H19BrN2O4/c17-13-5-3-12(4-6-13)16(22)18-8-7-15(21)23-11-14(20)19-9-1-2-10-19/h3-6H,1-2,7-11H2,(H,18,22). The lowest BCUT2D eigenvalue weighted by molar-refractivity contribution is -0.151. The molecule has 2 amide bonds. The highest BCUT2D eigenvalue weighted by molar-refractivity contribution is 9.10. The molecule has 0 radical (unpaired) electrons. The number of esters is 1. The van der Waals surface area contributed by atoms with Crippen molar-refractivity contribution in [2.45, 2.75) is 19.3 Å². The van der Waals surface area contributed by atoms with E-state index in [1.807, 2.05) is 0 Å². The molecule has 0 aliphatic carbocycles. The quantitative estimate of drug-likeness (QED) is 0.760. The molecule has 6 nitrogen and oxygen atoms in total. The van der Waals surface area contributed by atoms with Crippen LogP contribution in [0.2, 0.25) is 0 Å². The van der Waals surface area contributed by atoms with Crippen molar-refractivity contribution in [2.75, 3.05) is 26.2 Å². The molecule has 1 fully saturated rings. The third-order valence-electron chi connectivity index (χ3n) is 3.54. The van der Waals surface area contributed by atoms with E-state index < -0.39 is 5.97 Å². The second-order valence-corrected chi connectivity index (χ2v) is 6.18. The molecule has 1 N–H and O–H groups in total. The minimum Gasteiger partial charge on any atom is -0.456 e. The predicted molar refractivity (Wildman–Crippen MR) is 87.9 cm³/mol. The summed E-state index contributed by atoms with van der Waals surface area (Å²) in [5.74, 6) is -0.901. The number of amides is 2. The normalized spacial score (nSPS) is 13.7. The Hall–Kier alpha value is -1.89. The van der Waals surface area contributed by atoms with E-state index in [1.54, 1.807) is 29.2 Å². The van der Waals surface area contributed by atoms with Crippen molar-refractivity contribution >= 4 is 33.7 Å². The van der Waals surface area contributed by atoms with Gasteiger partial charge in [0.15, 0.2) is 6.61 Å². The summed E-state index contributed by atoms with van der Waals surface area (Å²) < 4.78 is 5.82. The van der Waals surface area contributed by atoms with Crippen LogP contribution in [-0.2, 0) is 14.3 Å². The van der Waals surface area contributed by atoms with Crippen molar-refractivity contribution < 1.29 is 19.1 Å². The minimum atomic E-state index is -0.492. The second kappa shape index (κ2) is 8.67. The van der Waals surface area contributed by atoms with Crippen LogP contribution in [0.25, 0.3) is 0 Å². The Morgan fingerprint density at radius 3 is 2.43 bits per heavy atom. The summed E-state index contributed by atoms with van der Waals surface area (Å²) in [6.45, 7) is 1.42. The molecule has 0 bridgehead atoms. The summed E-state index contributed by atoms with van der Waals surface area (Å²) in [7, 11) is 0. The Morgan fingerprint density at radius 2 is 1.78 bits per heavy atom. The fourth-order valence-electron chi connectivity index (χ4n) is 2.25. The summed E-state index contributed by atoms with van der Waals surface area (Å²) in [4.78, 5) is 36.8. The van der Waals surface area contributed by atoms with Crippen molar-refractivity contribution in [3.05, 3.63) is 34.3 Å². The summed E-state index contributed by atoms with van der Waals surface area (Å²) in [5, 5.41) is 2.64. The first-order valence-electron chi connectivity index (χ1n) is 7.53. The van der Waals surface area contributed by atoms with E-state index in [4.69, 9.17) is 4.74 Å². The molecule has 1 aromatic carbocycles. The molecule has 7 heteroatoms. The minimum absolute atomic E-state index is 0.0373. The van der Waals surface area contributed by atoms with E-state index in [0.29, 0.717) is 5.56 Å². The Bertz CT molecular complexity index is 568. The highest BCUT2D eigenvalue weighted by atomic mass is 79.9. The summed E-state index contributed by atoms with van der Waals surface area (Å²) in [6.07, 6.45) is 2.04. The van der Waals surface area contributed by atoms with Gasteiger partial charge in [0.1, 0.15) is 0 Å². The maximum absolute atomic E-state index is 11.8. The SMILES string of the molecule is O=C(CCNC(=O)c1ccc(Br)cc1)OCC(=O)N1CCCC1. The van der Waals surface area contributed by atoms with E-state index in [2.05, 4.69) is 21.2 Å². The van der Waals surface area contributed by atoms with Crippen molar-refractivity contribution in [2.24, 2.45) is 0 Å². The Labute approximate surface area is 143 Å². The van der Waals surface area contributed by atoms with Crippen LogP contribution in [0.4, 0.5) is 0 Å². The zero-order valence-corrected chi connectivity index (χ0v) is 14.3. The largest absolute Gasteiger partial charge is 0.456 e. The molecular weight excluding hydrogens is 364 g/mol. The monoisotopic (exact) mass is 382 g/mol. The van der Waals surface area contributed by atoms with Gasteiger partial charge in [-0.05, 0) is 37.1 Å². The van der Waals surface area contributed by atoms with Gasteiger partial charge in [-0.25, -0.2) is 0 Å². The van der Waals surface area contributed by atoms with Crippen molar-refractivity contribution in [1.82, 2.24) is 10.2 Å². The molecule has 0 aromatic heterocycles. The number of hydrogen-bond donors (Lipinski definition) is 1. The van der Waals surface area contributed by atoms with Gasteiger partial charge in [0.2, 0.25) is 0 Å². The number of carbonyl (C=O) groups excluding carboxylic acids is 3. The lowest BCUT2D eigenvalue weighted by Crippen LogP contribution is -2.32. The first kappa shape index (κ1) is 17.5. The number of halogens is 1. The van der Waals surface area contributed by atoms with E-state index >= 15 is 0 Å². The van der Waals surface area contributed by atoms with Gasteiger partial charge in [-0.3, -0.25) is 14.4 Å². The number of nitrogens with zero attached hydrogens (tertiary/aromatic N) is 1. The van der Waals surface area contributed by atoms with Gasteiger partial charge in [-0.2, -0.15) is 0 Å². The van der Waals surface area contributed by atoms with Crippen LogP contribution in [0.1, 0.15) is 29.6 Å². The number of benzene rings is 1. The van der Waals surface area contributed by atoms with Crippen LogP contribution in [0.5, 0.6) is 0 Å².